The van der Waals surface area contributed by atoms with Crippen molar-refractivity contribution in [3.63, 3.8) is 0 Å². The van der Waals surface area contributed by atoms with Gasteiger partial charge in [0.25, 0.3) is 10.0 Å². The summed E-state index contributed by atoms with van der Waals surface area (Å²) in [5.41, 5.74) is 0.109. The highest BCUT2D eigenvalue weighted by Crippen LogP contribution is 2.22. The molecular formula is C20H22BrNO6S. The van der Waals surface area contributed by atoms with Gasteiger partial charge in [0.2, 0.25) is 0 Å². The molecule has 1 N–H and O–H groups in total. The maximum Gasteiger partial charge on any atom is 0.338 e. The normalized spacial score (nSPS) is 11.4. The zero-order valence-corrected chi connectivity index (χ0v) is 18.8. The number of nitrogens with one attached hydrogen (secondary N) is 1. The number of hydrogen-bond donors (Lipinski definition) is 1. The second-order valence-corrected chi connectivity index (χ2v) is 9.36. The van der Waals surface area contributed by atoms with Crippen molar-refractivity contribution >= 4 is 43.6 Å². The summed E-state index contributed by atoms with van der Waals surface area (Å²) in [4.78, 5) is 24.7. The first-order chi connectivity index (χ1) is 13.5. The van der Waals surface area contributed by atoms with Crippen LogP contribution < -0.4 is 4.72 Å². The van der Waals surface area contributed by atoms with E-state index in [4.69, 9.17) is 9.47 Å². The molecule has 2 aromatic carbocycles. The molecule has 0 radical (unpaired) electrons. The summed E-state index contributed by atoms with van der Waals surface area (Å²) in [7, 11) is -3.94. The molecule has 2 aromatic rings. The molecule has 9 heteroatoms. The molecule has 0 heterocycles. The Bertz CT molecular complexity index is 960. The van der Waals surface area contributed by atoms with E-state index in [1.807, 2.05) is 0 Å². The lowest BCUT2D eigenvalue weighted by molar-refractivity contribution is 0.0377. The monoisotopic (exact) mass is 483 g/mol. The highest BCUT2D eigenvalue weighted by atomic mass is 79.9. The Morgan fingerprint density at radius 3 is 1.72 bits per heavy atom. The summed E-state index contributed by atoms with van der Waals surface area (Å²) in [6.07, 6.45) is -0.756. The van der Waals surface area contributed by atoms with Gasteiger partial charge in [0, 0.05) is 4.47 Å². The average molecular weight is 484 g/mol. The summed E-state index contributed by atoms with van der Waals surface area (Å²) in [6.45, 7) is 6.75. The highest BCUT2D eigenvalue weighted by Gasteiger charge is 2.20. The zero-order chi connectivity index (χ0) is 21.8. The maximum absolute atomic E-state index is 12.7. The molecule has 0 fully saturated rings. The van der Waals surface area contributed by atoms with E-state index in [0.29, 0.717) is 0 Å². The molecule has 0 aliphatic rings. The van der Waals surface area contributed by atoms with Crippen molar-refractivity contribution in [2.75, 3.05) is 4.72 Å². The topological polar surface area (TPSA) is 98.8 Å². The summed E-state index contributed by atoms with van der Waals surface area (Å²) in [6, 6.07) is 9.98. The van der Waals surface area contributed by atoms with E-state index in [9.17, 15) is 18.0 Å². The van der Waals surface area contributed by atoms with Crippen LogP contribution in [0.2, 0.25) is 0 Å². The number of benzene rings is 2. The number of halogens is 1. The lowest BCUT2D eigenvalue weighted by Crippen LogP contribution is -2.17. The zero-order valence-electron chi connectivity index (χ0n) is 16.4. The van der Waals surface area contributed by atoms with Crippen molar-refractivity contribution in [3.8, 4) is 0 Å². The highest BCUT2D eigenvalue weighted by molar-refractivity contribution is 9.10. The van der Waals surface area contributed by atoms with Crippen molar-refractivity contribution in [2.45, 2.75) is 44.8 Å². The Morgan fingerprint density at radius 1 is 0.862 bits per heavy atom. The minimum absolute atomic E-state index is 0.0298. The van der Waals surface area contributed by atoms with Crippen LogP contribution in [0.5, 0.6) is 0 Å². The quantitative estimate of drug-likeness (QED) is 0.586. The number of carbonyl (C=O) groups is 2. The Kier molecular flexibility index (Phi) is 7.43. The van der Waals surface area contributed by atoms with Gasteiger partial charge in [-0.2, -0.15) is 0 Å². The van der Waals surface area contributed by atoms with Gasteiger partial charge in [0.15, 0.2) is 0 Å². The van der Waals surface area contributed by atoms with Crippen molar-refractivity contribution < 1.29 is 27.5 Å². The summed E-state index contributed by atoms with van der Waals surface area (Å²) >= 11 is 3.25. The maximum atomic E-state index is 12.7. The molecule has 0 saturated heterocycles. The standard InChI is InChI=1S/C20H22BrNO6S/c1-12(2)27-19(23)14-9-15(20(24)28-13(3)4)11-17(10-14)22-29(25,26)18-7-5-16(21)6-8-18/h5-13,22H,1-4H3. The fourth-order valence-corrected chi connectivity index (χ4v) is 3.62. The van der Waals surface area contributed by atoms with Gasteiger partial charge in [-0.3, -0.25) is 4.72 Å². The predicted octanol–water partition coefficient (Wildman–Crippen LogP) is 4.38. The lowest BCUT2D eigenvalue weighted by atomic mass is 10.1. The SMILES string of the molecule is CC(C)OC(=O)c1cc(NS(=O)(=O)c2ccc(Br)cc2)cc(C(=O)OC(C)C)c1. The van der Waals surface area contributed by atoms with E-state index in [1.54, 1.807) is 39.8 Å². The van der Waals surface area contributed by atoms with Crippen LogP contribution in [0.3, 0.4) is 0 Å². The first-order valence-corrected chi connectivity index (χ1v) is 11.1. The van der Waals surface area contributed by atoms with Crippen LogP contribution in [0.15, 0.2) is 51.8 Å². The number of anilines is 1. The van der Waals surface area contributed by atoms with Crippen molar-refractivity contribution in [1.82, 2.24) is 0 Å². The second kappa shape index (κ2) is 9.41. The molecule has 7 nitrogen and oxygen atoms in total. The van der Waals surface area contributed by atoms with Crippen molar-refractivity contribution in [2.24, 2.45) is 0 Å². The fraction of sp³-hybridized carbons (Fsp3) is 0.300. The van der Waals surface area contributed by atoms with Crippen LogP contribution in [0.1, 0.15) is 48.4 Å². The van der Waals surface area contributed by atoms with Crippen molar-refractivity contribution in [3.05, 3.63) is 58.1 Å². The second-order valence-electron chi connectivity index (χ2n) is 6.77. The molecule has 0 unspecified atom stereocenters. The van der Waals surface area contributed by atoms with Gasteiger partial charge in [-0.25, -0.2) is 18.0 Å². The Labute approximate surface area is 178 Å². The molecule has 0 bridgehead atoms. The summed E-state index contributed by atoms with van der Waals surface area (Å²) in [5.74, 6) is -1.36. The Balaban J connectivity index is 2.44. The Hall–Kier alpha value is -2.39. The van der Waals surface area contributed by atoms with Crippen LogP contribution >= 0.6 is 15.9 Å². The van der Waals surface area contributed by atoms with E-state index < -0.39 is 22.0 Å². The number of hydrogen-bond acceptors (Lipinski definition) is 6. The predicted molar refractivity (Wildman–Crippen MR) is 112 cm³/mol. The number of ether oxygens (including phenoxy) is 2. The molecule has 0 atom stereocenters. The van der Waals surface area contributed by atoms with E-state index in [0.717, 1.165) is 4.47 Å². The minimum atomic E-state index is -3.94. The van der Waals surface area contributed by atoms with E-state index in [-0.39, 0.29) is 33.9 Å². The fourth-order valence-electron chi connectivity index (χ4n) is 2.31. The van der Waals surface area contributed by atoms with Gasteiger partial charge >= 0.3 is 11.9 Å². The van der Waals surface area contributed by atoms with Gasteiger partial charge in [-0.05, 0) is 70.2 Å². The summed E-state index contributed by atoms with van der Waals surface area (Å²) < 4.78 is 38.8. The molecule has 29 heavy (non-hydrogen) atoms. The van der Waals surface area contributed by atoms with Gasteiger partial charge in [-0.15, -0.1) is 0 Å². The smallest absolute Gasteiger partial charge is 0.338 e. The molecule has 0 aliphatic carbocycles. The van der Waals surface area contributed by atoms with Crippen molar-refractivity contribution in [1.29, 1.82) is 0 Å². The third kappa shape index (κ3) is 6.57. The molecule has 0 saturated carbocycles. The number of esters is 2. The number of sulfonamides is 1. The average Bonchev–Trinajstić information content (AvgIpc) is 2.60. The molecule has 0 aliphatic heterocycles. The first kappa shape index (κ1) is 22.9. The van der Waals surface area contributed by atoms with Crippen LogP contribution in [0.4, 0.5) is 5.69 Å². The number of rotatable bonds is 7. The van der Waals surface area contributed by atoms with Gasteiger partial charge in [-0.1, -0.05) is 15.9 Å². The molecule has 156 valence electrons. The molecular weight excluding hydrogens is 462 g/mol. The van der Waals surface area contributed by atoms with E-state index in [2.05, 4.69) is 20.7 Å². The molecule has 2 rings (SSSR count). The van der Waals surface area contributed by atoms with Crippen LogP contribution in [0.25, 0.3) is 0 Å². The molecule has 0 spiro atoms. The third-order valence-corrected chi connectivity index (χ3v) is 5.39. The molecule has 0 amide bonds. The molecule has 0 aromatic heterocycles. The lowest BCUT2D eigenvalue weighted by Gasteiger charge is -2.14. The van der Waals surface area contributed by atoms with Gasteiger partial charge < -0.3 is 9.47 Å². The Morgan fingerprint density at radius 2 is 1.31 bits per heavy atom. The van der Waals surface area contributed by atoms with E-state index >= 15 is 0 Å². The van der Waals surface area contributed by atoms with Crippen LogP contribution in [0, 0.1) is 0 Å². The van der Waals surface area contributed by atoms with Crippen LogP contribution in [-0.4, -0.2) is 32.6 Å². The van der Waals surface area contributed by atoms with E-state index in [1.165, 1.54) is 30.3 Å². The third-order valence-electron chi connectivity index (χ3n) is 3.47. The van der Waals surface area contributed by atoms with Gasteiger partial charge in [0.1, 0.15) is 0 Å². The minimum Gasteiger partial charge on any atom is -0.459 e. The first-order valence-electron chi connectivity index (χ1n) is 8.83. The van der Waals surface area contributed by atoms with Crippen LogP contribution in [-0.2, 0) is 19.5 Å². The van der Waals surface area contributed by atoms with Gasteiger partial charge in [0.05, 0.1) is 33.9 Å². The largest absolute Gasteiger partial charge is 0.459 e. The summed E-state index contributed by atoms with van der Waals surface area (Å²) in [5, 5.41) is 0. The number of carbonyl (C=O) groups excluding carboxylic acids is 2.